The lowest BCUT2D eigenvalue weighted by Gasteiger charge is -2.22. The number of hydrogen-bond donors (Lipinski definition) is 1. The molecule has 0 aromatic carbocycles. The van der Waals surface area contributed by atoms with E-state index < -0.39 is 10.0 Å². The summed E-state index contributed by atoms with van der Waals surface area (Å²) in [5, 5.41) is 6.25. The Hall–Kier alpha value is -1.80. The molecule has 0 radical (unpaired) electrons. The lowest BCUT2D eigenvalue weighted by Crippen LogP contribution is -2.31. The van der Waals surface area contributed by atoms with Gasteiger partial charge in [0.1, 0.15) is 10.7 Å². The number of nitrogens with zero attached hydrogens (tertiary/aromatic N) is 4. The van der Waals surface area contributed by atoms with E-state index in [0.29, 0.717) is 12.4 Å². The summed E-state index contributed by atoms with van der Waals surface area (Å²) in [5.41, 5.74) is 0.836. The Bertz CT molecular complexity index is 698. The highest BCUT2D eigenvalue weighted by molar-refractivity contribution is 7.89. The molecule has 3 heterocycles. The van der Waals surface area contributed by atoms with Gasteiger partial charge in [0.15, 0.2) is 0 Å². The van der Waals surface area contributed by atoms with Crippen LogP contribution in [0, 0.1) is 6.92 Å². The summed E-state index contributed by atoms with van der Waals surface area (Å²) < 4.78 is 26.6. The molecule has 0 aliphatic carbocycles. The van der Waals surface area contributed by atoms with Crippen LogP contribution in [0.1, 0.15) is 30.4 Å². The molecule has 1 N–H and O–H groups in total. The minimum Gasteiger partial charge on any atom is -0.284 e. The summed E-state index contributed by atoms with van der Waals surface area (Å²) in [6, 6.07) is 1.50. The van der Waals surface area contributed by atoms with Gasteiger partial charge in [-0.3, -0.25) is 5.10 Å². The Labute approximate surface area is 117 Å². The van der Waals surface area contributed by atoms with Crippen LogP contribution in [0.25, 0.3) is 0 Å². The highest BCUT2D eigenvalue weighted by Gasteiger charge is 2.38. The second-order valence-electron chi connectivity index (χ2n) is 4.76. The number of sulfonamides is 1. The average Bonchev–Trinajstić information content (AvgIpc) is 3.11. The van der Waals surface area contributed by atoms with Crippen LogP contribution in [0.5, 0.6) is 0 Å². The molecule has 1 aliphatic rings. The molecule has 2 aromatic heterocycles. The maximum absolute atomic E-state index is 12.6. The smallest absolute Gasteiger partial charge is 0.246 e. The Balaban J connectivity index is 1.98. The Morgan fingerprint density at radius 3 is 3.00 bits per heavy atom. The van der Waals surface area contributed by atoms with Crippen LogP contribution in [0.3, 0.4) is 0 Å². The maximum atomic E-state index is 12.6. The summed E-state index contributed by atoms with van der Waals surface area (Å²) >= 11 is 0. The molecular formula is C12H15N5O2S. The molecule has 2 aromatic rings. The second-order valence-corrected chi connectivity index (χ2v) is 6.65. The normalized spacial score (nSPS) is 20.4. The maximum Gasteiger partial charge on any atom is 0.246 e. The standard InChI is InChI=1S/C12H15N5O2S/c1-9-4-5-13-12(16-9)11-3-2-6-17(11)20(18,19)10-7-14-15-8-10/h4-5,7-8,11H,2-3,6H2,1H3,(H,14,15). The molecule has 8 heteroatoms. The quantitative estimate of drug-likeness (QED) is 0.912. The minimum atomic E-state index is -3.55. The third-order valence-electron chi connectivity index (χ3n) is 3.39. The first-order valence-electron chi connectivity index (χ1n) is 6.39. The zero-order chi connectivity index (χ0) is 14.2. The molecule has 1 unspecified atom stereocenters. The minimum absolute atomic E-state index is 0.178. The summed E-state index contributed by atoms with van der Waals surface area (Å²) in [4.78, 5) is 8.76. The van der Waals surface area contributed by atoms with E-state index in [1.807, 2.05) is 6.92 Å². The van der Waals surface area contributed by atoms with E-state index in [9.17, 15) is 8.42 Å². The van der Waals surface area contributed by atoms with Gasteiger partial charge in [0.05, 0.1) is 12.2 Å². The third-order valence-corrected chi connectivity index (χ3v) is 5.27. The fourth-order valence-corrected chi connectivity index (χ4v) is 3.99. The van der Waals surface area contributed by atoms with Crippen molar-refractivity contribution in [2.45, 2.75) is 30.7 Å². The molecule has 1 fully saturated rings. The van der Waals surface area contributed by atoms with Crippen LogP contribution >= 0.6 is 0 Å². The van der Waals surface area contributed by atoms with E-state index in [2.05, 4.69) is 20.2 Å². The fourth-order valence-electron chi connectivity index (χ4n) is 2.43. The first kappa shape index (κ1) is 13.2. The van der Waals surface area contributed by atoms with Gasteiger partial charge in [0.25, 0.3) is 0 Å². The lowest BCUT2D eigenvalue weighted by molar-refractivity contribution is 0.382. The topological polar surface area (TPSA) is 91.8 Å². The Morgan fingerprint density at radius 1 is 1.45 bits per heavy atom. The van der Waals surface area contributed by atoms with Crippen LogP contribution in [-0.2, 0) is 10.0 Å². The lowest BCUT2D eigenvalue weighted by atomic mass is 10.2. The second kappa shape index (κ2) is 4.95. The SMILES string of the molecule is Cc1ccnc(C2CCCN2S(=O)(=O)c2cn[nH]c2)n1. The summed E-state index contributed by atoms with van der Waals surface area (Å²) in [7, 11) is -3.55. The van der Waals surface area contributed by atoms with Gasteiger partial charge in [-0.15, -0.1) is 0 Å². The van der Waals surface area contributed by atoms with Crippen molar-refractivity contribution in [2.24, 2.45) is 0 Å². The number of aromatic amines is 1. The largest absolute Gasteiger partial charge is 0.284 e. The van der Waals surface area contributed by atoms with Crippen LogP contribution in [0.4, 0.5) is 0 Å². The molecule has 20 heavy (non-hydrogen) atoms. The average molecular weight is 293 g/mol. The van der Waals surface area contributed by atoms with Gasteiger partial charge in [-0.1, -0.05) is 0 Å². The van der Waals surface area contributed by atoms with Crippen molar-refractivity contribution in [2.75, 3.05) is 6.54 Å². The van der Waals surface area contributed by atoms with Gasteiger partial charge in [0, 0.05) is 24.6 Å². The van der Waals surface area contributed by atoms with Crippen molar-refractivity contribution in [3.05, 3.63) is 36.2 Å². The molecule has 0 bridgehead atoms. The third kappa shape index (κ3) is 2.20. The summed E-state index contributed by atoms with van der Waals surface area (Å²) in [6.07, 6.45) is 5.92. The van der Waals surface area contributed by atoms with Crippen molar-refractivity contribution >= 4 is 10.0 Å². The van der Waals surface area contributed by atoms with Crippen LogP contribution in [0.2, 0.25) is 0 Å². The van der Waals surface area contributed by atoms with E-state index in [-0.39, 0.29) is 10.9 Å². The van der Waals surface area contributed by atoms with Gasteiger partial charge in [0.2, 0.25) is 10.0 Å². The first-order valence-corrected chi connectivity index (χ1v) is 7.83. The van der Waals surface area contributed by atoms with Gasteiger partial charge in [-0.2, -0.15) is 9.40 Å². The molecule has 106 valence electrons. The van der Waals surface area contributed by atoms with Crippen molar-refractivity contribution in [1.29, 1.82) is 0 Å². The van der Waals surface area contributed by atoms with Crippen LogP contribution in [-0.4, -0.2) is 39.4 Å². The molecule has 1 aliphatic heterocycles. The number of aromatic nitrogens is 4. The number of nitrogens with one attached hydrogen (secondary N) is 1. The van der Waals surface area contributed by atoms with Gasteiger partial charge in [-0.05, 0) is 25.8 Å². The predicted molar refractivity (Wildman–Crippen MR) is 71.2 cm³/mol. The van der Waals surface area contributed by atoms with E-state index in [0.717, 1.165) is 18.5 Å². The number of hydrogen-bond acceptors (Lipinski definition) is 5. The highest BCUT2D eigenvalue weighted by Crippen LogP contribution is 2.34. The predicted octanol–water partition coefficient (Wildman–Crippen LogP) is 1.03. The Kier molecular flexibility index (Phi) is 3.27. The molecule has 3 rings (SSSR count). The molecular weight excluding hydrogens is 278 g/mol. The summed E-state index contributed by atoms with van der Waals surface area (Å²) in [5.74, 6) is 0.564. The zero-order valence-corrected chi connectivity index (χ0v) is 11.8. The van der Waals surface area contributed by atoms with Gasteiger partial charge >= 0.3 is 0 Å². The molecule has 7 nitrogen and oxygen atoms in total. The zero-order valence-electron chi connectivity index (χ0n) is 11.0. The number of aryl methyl sites for hydroxylation is 1. The fraction of sp³-hybridized carbons (Fsp3) is 0.417. The van der Waals surface area contributed by atoms with Crippen LogP contribution in [0.15, 0.2) is 29.6 Å². The molecule has 0 saturated carbocycles. The highest BCUT2D eigenvalue weighted by atomic mass is 32.2. The van der Waals surface area contributed by atoms with E-state index in [1.54, 1.807) is 12.3 Å². The number of rotatable bonds is 3. The first-order chi connectivity index (χ1) is 9.59. The van der Waals surface area contributed by atoms with Gasteiger partial charge in [-0.25, -0.2) is 18.4 Å². The molecule has 1 atom stereocenters. The van der Waals surface area contributed by atoms with Crippen molar-refractivity contribution in [3.8, 4) is 0 Å². The van der Waals surface area contributed by atoms with E-state index in [1.165, 1.54) is 16.7 Å². The monoisotopic (exact) mass is 293 g/mol. The summed E-state index contributed by atoms with van der Waals surface area (Å²) in [6.45, 7) is 2.35. The van der Waals surface area contributed by atoms with E-state index in [4.69, 9.17) is 0 Å². The van der Waals surface area contributed by atoms with Crippen molar-refractivity contribution in [1.82, 2.24) is 24.5 Å². The number of H-pyrrole nitrogens is 1. The van der Waals surface area contributed by atoms with Crippen molar-refractivity contribution in [3.63, 3.8) is 0 Å². The molecule has 0 spiro atoms. The Morgan fingerprint density at radius 2 is 2.30 bits per heavy atom. The van der Waals surface area contributed by atoms with E-state index >= 15 is 0 Å². The van der Waals surface area contributed by atoms with Crippen LogP contribution < -0.4 is 0 Å². The van der Waals surface area contributed by atoms with Gasteiger partial charge < -0.3 is 0 Å². The van der Waals surface area contributed by atoms with Crippen molar-refractivity contribution < 1.29 is 8.42 Å². The molecule has 1 saturated heterocycles. The molecule has 0 amide bonds.